The summed E-state index contributed by atoms with van der Waals surface area (Å²) in [6.07, 6.45) is 1.61. The van der Waals surface area contributed by atoms with Crippen molar-refractivity contribution in [2.75, 3.05) is 11.1 Å². The number of rotatable bonds is 6. The van der Waals surface area contributed by atoms with E-state index in [1.807, 2.05) is 61.5 Å². The Labute approximate surface area is 201 Å². The first-order valence-corrected chi connectivity index (χ1v) is 12.2. The number of aryl methyl sites for hydroxylation is 1. The molecule has 0 amide bonds. The zero-order chi connectivity index (χ0) is 22.8. The van der Waals surface area contributed by atoms with Crippen LogP contribution >= 0.6 is 23.4 Å². The summed E-state index contributed by atoms with van der Waals surface area (Å²) < 4.78 is 8.13. The van der Waals surface area contributed by atoms with Crippen molar-refractivity contribution in [2.24, 2.45) is 0 Å². The number of anilines is 1. The molecule has 0 spiro atoms. The van der Waals surface area contributed by atoms with Crippen molar-refractivity contribution in [2.45, 2.75) is 38.1 Å². The van der Waals surface area contributed by atoms with Gasteiger partial charge in [-0.3, -0.25) is 0 Å². The quantitative estimate of drug-likeness (QED) is 0.265. The number of hydrogen-bond acceptors (Lipinski definition) is 7. The van der Waals surface area contributed by atoms with Crippen molar-refractivity contribution in [1.82, 2.24) is 25.0 Å². The monoisotopic (exact) mass is 478 g/mol. The lowest BCUT2D eigenvalue weighted by Crippen LogP contribution is -2.18. The molecule has 33 heavy (non-hydrogen) atoms. The normalized spacial score (nSPS) is 14.6. The lowest BCUT2D eigenvalue weighted by Gasteiger charge is -2.19. The zero-order valence-corrected chi connectivity index (χ0v) is 19.9. The Morgan fingerprint density at radius 3 is 2.70 bits per heavy atom. The summed E-state index contributed by atoms with van der Waals surface area (Å²) in [5.74, 6) is 1.36. The molecular weight excluding hydrogens is 456 g/mol. The molecule has 0 fully saturated rings. The van der Waals surface area contributed by atoms with Gasteiger partial charge in [0.2, 0.25) is 17.3 Å². The Balaban J connectivity index is 1.57. The van der Waals surface area contributed by atoms with Gasteiger partial charge in [0, 0.05) is 17.0 Å². The van der Waals surface area contributed by atoms with Crippen molar-refractivity contribution in [3.63, 3.8) is 0 Å². The Kier molecular flexibility index (Phi) is 6.20. The van der Waals surface area contributed by atoms with Crippen LogP contribution in [0.2, 0.25) is 5.15 Å². The number of ether oxygens (including phenoxy) is 1. The number of thioether (sulfide) groups is 1. The van der Waals surface area contributed by atoms with E-state index in [0.717, 1.165) is 46.8 Å². The van der Waals surface area contributed by atoms with Crippen LogP contribution < -0.4 is 10.1 Å². The summed E-state index contributed by atoms with van der Waals surface area (Å²) in [7, 11) is 0. The van der Waals surface area contributed by atoms with Crippen LogP contribution in [0.4, 0.5) is 5.69 Å². The molecule has 1 aliphatic heterocycles. The van der Waals surface area contributed by atoms with Gasteiger partial charge < -0.3 is 10.1 Å². The van der Waals surface area contributed by atoms with E-state index in [-0.39, 0.29) is 0 Å². The van der Waals surface area contributed by atoms with E-state index in [2.05, 4.69) is 27.5 Å². The van der Waals surface area contributed by atoms with Crippen LogP contribution in [0.5, 0.6) is 5.88 Å². The van der Waals surface area contributed by atoms with Gasteiger partial charge in [0.25, 0.3) is 0 Å². The summed E-state index contributed by atoms with van der Waals surface area (Å²) in [5.41, 5.74) is 4.74. The van der Waals surface area contributed by atoms with Gasteiger partial charge in [0.05, 0.1) is 16.9 Å². The molecule has 1 atom stereocenters. The van der Waals surface area contributed by atoms with Crippen molar-refractivity contribution in [1.29, 1.82) is 0 Å². The molecule has 0 saturated carbocycles. The zero-order valence-electron chi connectivity index (χ0n) is 18.3. The molecule has 0 bridgehead atoms. The third kappa shape index (κ3) is 4.28. The molecule has 0 aliphatic carbocycles. The van der Waals surface area contributed by atoms with Gasteiger partial charge in [-0.2, -0.15) is 10.1 Å². The summed E-state index contributed by atoms with van der Waals surface area (Å²) in [6.45, 7) is 4.09. The molecule has 168 valence electrons. The standard InChI is InChI=1S/C24H23ClN6OS/c1-3-4-14-33-24-27-23-20(28-29-24)17-12-8-9-13-18(17)26-22(32-23)19-15(2)30-31(21(19)25)16-10-6-5-7-11-16/h5-13,22,26H,3-4,14H2,1-2H3/t22-/m0/s1. The second kappa shape index (κ2) is 9.41. The highest BCUT2D eigenvalue weighted by Gasteiger charge is 2.31. The molecule has 1 aliphatic rings. The van der Waals surface area contributed by atoms with Crippen LogP contribution in [0.15, 0.2) is 59.8 Å². The van der Waals surface area contributed by atoms with Crippen LogP contribution in [0, 0.1) is 6.92 Å². The number of fused-ring (bicyclic) bond motifs is 3. The van der Waals surface area contributed by atoms with Crippen molar-refractivity contribution in [3.8, 4) is 22.8 Å². The highest BCUT2D eigenvalue weighted by atomic mass is 35.5. The molecule has 1 N–H and O–H groups in total. The molecule has 0 saturated heterocycles. The van der Waals surface area contributed by atoms with Crippen LogP contribution in [-0.4, -0.2) is 30.7 Å². The molecule has 5 rings (SSSR count). The highest BCUT2D eigenvalue weighted by molar-refractivity contribution is 7.99. The number of nitrogens with one attached hydrogen (secondary N) is 1. The van der Waals surface area contributed by atoms with E-state index >= 15 is 0 Å². The predicted octanol–water partition coefficient (Wildman–Crippen LogP) is 6.08. The molecule has 7 nitrogen and oxygen atoms in total. The van der Waals surface area contributed by atoms with E-state index < -0.39 is 6.23 Å². The Hall–Kier alpha value is -3.10. The van der Waals surface area contributed by atoms with Gasteiger partial charge in [0.15, 0.2) is 5.69 Å². The van der Waals surface area contributed by atoms with Gasteiger partial charge in [-0.15, -0.1) is 10.2 Å². The van der Waals surface area contributed by atoms with Crippen LogP contribution in [0.25, 0.3) is 16.9 Å². The smallest absolute Gasteiger partial charge is 0.247 e. The number of unbranched alkanes of at least 4 members (excludes halogenated alkanes) is 1. The maximum Gasteiger partial charge on any atom is 0.247 e. The van der Waals surface area contributed by atoms with Gasteiger partial charge in [-0.1, -0.05) is 73.1 Å². The number of halogens is 1. The fourth-order valence-corrected chi connectivity index (χ4v) is 4.93. The molecule has 2 aromatic carbocycles. The Morgan fingerprint density at radius 2 is 1.88 bits per heavy atom. The van der Waals surface area contributed by atoms with Crippen molar-refractivity contribution >= 4 is 29.1 Å². The largest absolute Gasteiger partial charge is 0.447 e. The van der Waals surface area contributed by atoms with Gasteiger partial charge in [-0.05, 0) is 31.5 Å². The van der Waals surface area contributed by atoms with E-state index in [1.54, 1.807) is 16.4 Å². The van der Waals surface area contributed by atoms with Gasteiger partial charge >= 0.3 is 0 Å². The molecule has 0 unspecified atom stereocenters. The van der Waals surface area contributed by atoms with Gasteiger partial charge in [-0.25, -0.2) is 4.68 Å². The predicted molar refractivity (Wildman–Crippen MR) is 131 cm³/mol. The lowest BCUT2D eigenvalue weighted by atomic mass is 10.1. The second-order valence-corrected chi connectivity index (χ2v) is 9.10. The minimum Gasteiger partial charge on any atom is -0.447 e. The molecular formula is C24H23ClN6OS. The Morgan fingerprint density at radius 1 is 1.09 bits per heavy atom. The van der Waals surface area contributed by atoms with Gasteiger partial charge in [0.1, 0.15) is 5.15 Å². The molecule has 4 aromatic rings. The van der Waals surface area contributed by atoms with Crippen LogP contribution in [0.1, 0.15) is 37.3 Å². The average Bonchev–Trinajstić information content (AvgIpc) is 3.04. The number of para-hydroxylation sites is 2. The summed E-state index contributed by atoms with van der Waals surface area (Å²) >= 11 is 8.43. The highest BCUT2D eigenvalue weighted by Crippen LogP contribution is 2.41. The van der Waals surface area contributed by atoms with Crippen LogP contribution in [-0.2, 0) is 0 Å². The lowest BCUT2D eigenvalue weighted by molar-refractivity contribution is 0.224. The average molecular weight is 479 g/mol. The maximum atomic E-state index is 6.85. The van der Waals surface area contributed by atoms with E-state index in [0.29, 0.717) is 21.9 Å². The molecule has 0 radical (unpaired) electrons. The summed E-state index contributed by atoms with van der Waals surface area (Å²) in [6, 6.07) is 17.7. The van der Waals surface area contributed by atoms with Crippen molar-refractivity contribution < 1.29 is 4.74 Å². The third-order valence-electron chi connectivity index (χ3n) is 5.37. The SMILES string of the molecule is CCCCSc1nnc2c(n1)O[C@@H](c1c(C)nn(-c3ccccc3)c1Cl)Nc1ccccc1-2. The van der Waals surface area contributed by atoms with Crippen molar-refractivity contribution in [3.05, 3.63) is 71.0 Å². The van der Waals surface area contributed by atoms with E-state index in [1.165, 1.54) is 0 Å². The Bertz CT molecular complexity index is 1280. The van der Waals surface area contributed by atoms with E-state index in [9.17, 15) is 0 Å². The first-order chi connectivity index (χ1) is 16.2. The first-order valence-electron chi connectivity index (χ1n) is 10.9. The maximum absolute atomic E-state index is 6.85. The summed E-state index contributed by atoms with van der Waals surface area (Å²) in [5, 5.41) is 18.0. The number of benzene rings is 2. The second-order valence-electron chi connectivity index (χ2n) is 7.68. The number of aromatic nitrogens is 5. The topological polar surface area (TPSA) is 77.8 Å². The number of hydrogen-bond donors (Lipinski definition) is 1. The molecule has 3 heterocycles. The van der Waals surface area contributed by atoms with E-state index in [4.69, 9.17) is 21.3 Å². The minimum atomic E-state index is -0.595. The van der Waals surface area contributed by atoms with Crippen LogP contribution in [0.3, 0.4) is 0 Å². The fourth-order valence-electron chi connectivity index (χ4n) is 3.70. The summed E-state index contributed by atoms with van der Waals surface area (Å²) in [4.78, 5) is 4.70. The molecule has 9 heteroatoms. The third-order valence-corrected chi connectivity index (χ3v) is 6.66. The first kappa shape index (κ1) is 21.7. The fraction of sp³-hybridized carbons (Fsp3) is 0.250. The minimum absolute atomic E-state index is 0.425. The molecule has 2 aromatic heterocycles. The number of nitrogens with zero attached hydrogens (tertiary/aromatic N) is 5.